The number of aliphatic hydroxyl groups is 1. The number of aliphatic hydroxyl groups excluding tert-OH is 1. The Labute approximate surface area is 153 Å². The topological polar surface area (TPSA) is 37.3 Å². The molecule has 1 N–H and O–H groups in total. The molecule has 0 radical (unpaired) electrons. The molecular formula is C23H34O2. The van der Waals surface area contributed by atoms with E-state index in [2.05, 4.69) is 39.5 Å². The molecule has 3 aliphatic rings. The third-order valence-electron chi connectivity index (χ3n) is 7.47. The van der Waals surface area contributed by atoms with Crippen LogP contribution in [0.15, 0.2) is 35.5 Å². The molecule has 3 rings (SSSR count). The van der Waals surface area contributed by atoms with Crippen LogP contribution < -0.4 is 0 Å². The molecule has 3 saturated carbocycles. The van der Waals surface area contributed by atoms with Gasteiger partial charge in [-0.05, 0) is 79.3 Å². The van der Waals surface area contributed by atoms with Gasteiger partial charge >= 0.3 is 0 Å². The van der Waals surface area contributed by atoms with Gasteiger partial charge in [-0.2, -0.15) is 0 Å². The second-order valence-corrected chi connectivity index (χ2v) is 9.04. The van der Waals surface area contributed by atoms with Gasteiger partial charge in [-0.3, -0.25) is 0 Å². The van der Waals surface area contributed by atoms with E-state index in [-0.39, 0.29) is 17.4 Å². The molecule has 3 aliphatic carbocycles. The van der Waals surface area contributed by atoms with E-state index in [9.17, 15) is 9.90 Å². The SMILES string of the molecule is C=C1/C(=C\C=C2/CCC[C@]3(C)[C@@H]([C@H](C)C=O)CC[C@@H]23)C[C@@H](O)C[C@@H]1C. The Morgan fingerprint density at radius 1 is 1.32 bits per heavy atom. The molecule has 25 heavy (non-hydrogen) atoms. The highest BCUT2D eigenvalue weighted by Gasteiger charge is 2.50. The van der Waals surface area contributed by atoms with Crippen LogP contribution in [0.25, 0.3) is 0 Å². The van der Waals surface area contributed by atoms with Crippen molar-refractivity contribution in [2.45, 2.75) is 71.8 Å². The van der Waals surface area contributed by atoms with Crippen LogP contribution in [-0.2, 0) is 4.79 Å². The lowest BCUT2D eigenvalue weighted by molar-refractivity contribution is -0.113. The quantitative estimate of drug-likeness (QED) is 0.712. The normalized spacial score (nSPS) is 43.3. The van der Waals surface area contributed by atoms with Gasteiger partial charge < -0.3 is 9.90 Å². The highest BCUT2D eigenvalue weighted by atomic mass is 16.3. The Morgan fingerprint density at radius 2 is 2.08 bits per heavy atom. The largest absolute Gasteiger partial charge is 0.393 e. The third-order valence-corrected chi connectivity index (χ3v) is 7.47. The molecule has 0 aliphatic heterocycles. The van der Waals surface area contributed by atoms with Gasteiger partial charge in [-0.15, -0.1) is 0 Å². The van der Waals surface area contributed by atoms with Gasteiger partial charge in [-0.1, -0.05) is 45.1 Å². The number of hydrogen-bond acceptors (Lipinski definition) is 2. The van der Waals surface area contributed by atoms with E-state index in [1.165, 1.54) is 43.3 Å². The van der Waals surface area contributed by atoms with Crippen molar-refractivity contribution in [3.05, 3.63) is 35.5 Å². The minimum absolute atomic E-state index is 0.168. The van der Waals surface area contributed by atoms with Gasteiger partial charge in [0.15, 0.2) is 0 Å². The molecule has 0 spiro atoms. The van der Waals surface area contributed by atoms with E-state index in [4.69, 9.17) is 0 Å². The molecule has 3 fully saturated rings. The highest BCUT2D eigenvalue weighted by molar-refractivity contribution is 5.54. The molecule has 0 aromatic heterocycles. The van der Waals surface area contributed by atoms with Crippen molar-refractivity contribution in [2.24, 2.45) is 29.1 Å². The molecule has 2 heteroatoms. The first-order valence-electron chi connectivity index (χ1n) is 10.1. The maximum atomic E-state index is 11.4. The number of carbonyl (C=O) groups excluding carboxylic acids is 1. The van der Waals surface area contributed by atoms with Crippen LogP contribution >= 0.6 is 0 Å². The lowest BCUT2D eigenvalue weighted by Gasteiger charge is -2.43. The molecule has 0 saturated heterocycles. The van der Waals surface area contributed by atoms with Crippen LogP contribution in [0.5, 0.6) is 0 Å². The summed E-state index contributed by atoms with van der Waals surface area (Å²) in [5.41, 5.74) is 4.25. The van der Waals surface area contributed by atoms with E-state index >= 15 is 0 Å². The van der Waals surface area contributed by atoms with Crippen molar-refractivity contribution < 1.29 is 9.90 Å². The van der Waals surface area contributed by atoms with Crippen LogP contribution in [0.2, 0.25) is 0 Å². The van der Waals surface area contributed by atoms with Crippen molar-refractivity contribution in [2.75, 3.05) is 0 Å². The maximum absolute atomic E-state index is 11.4. The zero-order chi connectivity index (χ0) is 18.2. The van der Waals surface area contributed by atoms with E-state index in [0.717, 1.165) is 19.1 Å². The number of hydrogen-bond donors (Lipinski definition) is 1. The molecule has 0 aromatic carbocycles. The molecule has 0 heterocycles. The van der Waals surface area contributed by atoms with Crippen molar-refractivity contribution in [1.29, 1.82) is 0 Å². The van der Waals surface area contributed by atoms with Crippen LogP contribution in [0, 0.1) is 29.1 Å². The van der Waals surface area contributed by atoms with Gasteiger partial charge in [0.1, 0.15) is 6.29 Å². The fourth-order valence-electron chi connectivity index (χ4n) is 5.96. The average molecular weight is 343 g/mol. The van der Waals surface area contributed by atoms with Crippen LogP contribution in [0.4, 0.5) is 0 Å². The zero-order valence-corrected chi connectivity index (χ0v) is 16.1. The maximum Gasteiger partial charge on any atom is 0.123 e. The monoisotopic (exact) mass is 342 g/mol. The molecular weight excluding hydrogens is 308 g/mol. The first-order valence-corrected chi connectivity index (χ1v) is 10.1. The number of carbonyl (C=O) groups is 1. The average Bonchev–Trinajstić information content (AvgIpc) is 2.93. The van der Waals surface area contributed by atoms with Gasteiger partial charge in [0.2, 0.25) is 0 Å². The van der Waals surface area contributed by atoms with Crippen LogP contribution in [-0.4, -0.2) is 17.5 Å². The van der Waals surface area contributed by atoms with Crippen molar-refractivity contribution in [3.63, 3.8) is 0 Å². The molecule has 0 bridgehead atoms. The van der Waals surface area contributed by atoms with Crippen LogP contribution in [0.1, 0.15) is 65.7 Å². The molecule has 0 unspecified atom stereocenters. The number of aldehydes is 1. The number of allylic oxidation sites excluding steroid dienone is 4. The Bertz CT molecular complexity index is 599. The van der Waals surface area contributed by atoms with E-state index in [0.29, 0.717) is 17.8 Å². The summed E-state index contributed by atoms with van der Waals surface area (Å²) in [7, 11) is 0. The first-order chi connectivity index (χ1) is 11.9. The fraction of sp³-hybridized carbons (Fsp3) is 0.696. The van der Waals surface area contributed by atoms with E-state index in [1.807, 2.05) is 0 Å². The van der Waals surface area contributed by atoms with Crippen LogP contribution in [0.3, 0.4) is 0 Å². The summed E-state index contributed by atoms with van der Waals surface area (Å²) in [5.74, 6) is 1.68. The Kier molecular flexibility index (Phi) is 5.39. The first kappa shape index (κ1) is 18.6. The van der Waals surface area contributed by atoms with E-state index < -0.39 is 0 Å². The predicted octanol–water partition coefficient (Wildman–Crippen LogP) is 5.24. The molecule has 6 atom stereocenters. The third kappa shape index (κ3) is 3.43. The van der Waals surface area contributed by atoms with Gasteiger partial charge in [0.05, 0.1) is 6.10 Å². The smallest absolute Gasteiger partial charge is 0.123 e. The summed E-state index contributed by atoms with van der Waals surface area (Å²) >= 11 is 0. The van der Waals surface area contributed by atoms with Gasteiger partial charge in [-0.25, -0.2) is 0 Å². The molecule has 138 valence electrons. The fourth-order valence-corrected chi connectivity index (χ4v) is 5.96. The highest BCUT2D eigenvalue weighted by Crippen LogP contribution is 2.59. The van der Waals surface area contributed by atoms with Crippen molar-refractivity contribution >= 4 is 6.29 Å². The number of fused-ring (bicyclic) bond motifs is 1. The van der Waals surface area contributed by atoms with Gasteiger partial charge in [0, 0.05) is 5.92 Å². The molecule has 0 aromatic rings. The molecule has 2 nitrogen and oxygen atoms in total. The summed E-state index contributed by atoms with van der Waals surface area (Å²) in [5, 5.41) is 10.1. The Balaban J connectivity index is 1.83. The van der Waals surface area contributed by atoms with Crippen molar-refractivity contribution in [1.82, 2.24) is 0 Å². The Hall–Kier alpha value is -1.15. The lowest BCUT2D eigenvalue weighted by Crippen LogP contribution is -2.36. The molecule has 0 amide bonds. The summed E-state index contributed by atoms with van der Waals surface area (Å²) in [6, 6.07) is 0. The summed E-state index contributed by atoms with van der Waals surface area (Å²) < 4.78 is 0. The standard InChI is InChI=1S/C23H34O2/c1-15-12-20(25)13-19(17(15)3)8-7-18-6-5-11-23(4)21(16(2)14-24)9-10-22(18)23/h7-8,14-16,20-22,25H,3,5-6,9-13H2,1-2,4H3/b18-7+,19-8-/t15-,16+,20-,21+,22-,23+/m0/s1. The second-order valence-electron chi connectivity index (χ2n) is 9.04. The summed E-state index contributed by atoms with van der Waals surface area (Å²) in [6.45, 7) is 10.9. The van der Waals surface area contributed by atoms with E-state index in [1.54, 1.807) is 5.57 Å². The predicted molar refractivity (Wildman–Crippen MR) is 103 cm³/mol. The summed E-state index contributed by atoms with van der Waals surface area (Å²) in [6.07, 6.45) is 13.1. The Morgan fingerprint density at radius 3 is 2.80 bits per heavy atom. The second kappa shape index (κ2) is 7.23. The minimum Gasteiger partial charge on any atom is -0.393 e. The number of rotatable bonds is 3. The van der Waals surface area contributed by atoms with Crippen molar-refractivity contribution in [3.8, 4) is 0 Å². The van der Waals surface area contributed by atoms with Gasteiger partial charge in [0.25, 0.3) is 0 Å². The summed E-state index contributed by atoms with van der Waals surface area (Å²) in [4.78, 5) is 11.4. The minimum atomic E-state index is -0.230. The zero-order valence-electron chi connectivity index (χ0n) is 16.1. The lowest BCUT2D eigenvalue weighted by atomic mass is 9.61.